The summed E-state index contributed by atoms with van der Waals surface area (Å²) in [5, 5.41) is 0. The van der Waals surface area contributed by atoms with E-state index in [2.05, 4.69) is 64.6 Å². The normalized spacial score (nSPS) is 9.28. The molecule has 0 heterocycles. The van der Waals surface area contributed by atoms with Crippen molar-refractivity contribution in [3.05, 3.63) is 59.2 Å². The number of hydrogen-bond donors (Lipinski definition) is 0. The lowest BCUT2D eigenvalue weighted by Crippen LogP contribution is -1.98. The Morgan fingerprint density at radius 1 is 0.862 bits per heavy atom. The van der Waals surface area contributed by atoms with Crippen LogP contribution in [-0.2, 0) is 0 Å². The van der Waals surface area contributed by atoms with Gasteiger partial charge in [-0.25, -0.2) is 8.78 Å². The maximum absolute atomic E-state index is 11.0. The molecule has 0 radical (unpaired) electrons. The highest BCUT2D eigenvalue weighted by Crippen LogP contribution is 2.08. The lowest BCUT2D eigenvalue weighted by atomic mass is 10.1. The summed E-state index contributed by atoms with van der Waals surface area (Å²) in [6.45, 7) is 28.2. The highest BCUT2D eigenvalue weighted by atomic mass is 19.3. The molecule has 0 unspecified atom stereocenters. The van der Waals surface area contributed by atoms with Crippen LogP contribution in [0.15, 0.2) is 48.1 Å². The van der Waals surface area contributed by atoms with Gasteiger partial charge in [-0.3, -0.25) is 0 Å². The summed E-state index contributed by atoms with van der Waals surface area (Å²) < 4.78 is 22.0. The molecule has 1 rings (SSSR count). The number of unbranched alkanes of at least 4 members (excludes halogenated alkanes) is 1. The molecule has 0 aliphatic rings. The van der Waals surface area contributed by atoms with Crippen molar-refractivity contribution in [2.75, 3.05) is 0 Å². The number of halogens is 2. The van der Waals surface area contributed by atoms with Gasteiger partial charge in [0.1, 0.15) is 0 Å². The van der Waals surface area contributed by atoms with E-state index in [1.165, 1.54) is 36.0 Å². The van der Waals surface area contributed by atoms with Gasteiger partial charge in [-0.15, -0.1) is 0 Å². The van der Waals surface area contributed by atoms with E-state index in [9.17, 15) is 8.78 Å². The largest absolute Gasteiger partial charge is 0.242 e. The van der Waals surface area contributed by atoms with Crippen LogP contribution in [0, 0.1) is 13.8 Å². The lowest BCUT2D eigenvalue weighted by Gasteiger charge is -1.97. The predicted octanol–water partition coefficient (Wildman–Crippen LogP) is 10.7. The first-order valence-electron chi connectivity index (χ1n) is 11.2. The molecule has 0 saturated heterocycles. The van der Waals surface area contributed by atoms with Crippen LogP contribution in [0.25, 0.3) is 0 Å². The molecular formula is C27H52F2. The fourth-order valence-electron chi connectivity index (χ4n) is 1.59. The topological polar surface area (TPSA) is 0 Å². The Morgan fingerprint density at radius 3 is 1.34 bits per heavy atom. The van der Waals surface area contributed by atoms with Gasteiger partial charge in [0.25, 0.3) is 0 Å². The quantitative estimate of drug-likeness (QED) is 0.430. The predicted molar refractivity (Wildman–Crippen MR) is 134 cm³/mol. The molecule has 0 saturated carbocycles. The zero-order chi connectivity index (χ0) is 24.5. The molecule has 174 valence electrons. The average molecular weight is 415 g/mol. The first-order valence-corrected chi connectivity index (χ1v) is 11.2. The Morgan fingerprint density at radius 2 is 1.14 bits per heavy atom. The molecule has 0 fully saturated rings. The molecule has 0 amide bonds. The van der Waals surface area contributed by atoms with Crippen LogP contribution in [0.3, 0.4) is 0 Å². The molecule has 1 aromatic rings. The minimum absolute atomic E-state index is 0.854. The van der Waals surface area contributed by atoms with Crippen molar-refractivity contribution in [2.24, 2.45) is 0 Å². The van der Waals surface area contributed by atoms with Crippen LogP contribution < -0.4 is 0 Å². The van der Waals surface area contributed by atoms with Crippen molar-refractivity contribution in [2.45, 2.75) is 115 Å². The number of benzene rings is 1. The van der Waals surface area contributed by atoms with Crippen molar-refractivity contribution < 1.29 is 8.78 Å². The number of alkyl halides is 2. The third-order valence-electron chi connectivity index (χ3n) is 2.64. The van der Waals surface area contributed by atoms with E-state index < -0.39 is 5.92 Å². The molecule has 1 aromatic carbocycles. The Hall–Kier alpha value is -1.44. The zero-order valence-corrected chi connectivity index (χ0v) is 22.0. The van der Waals surface area contributed by atoms with E-state index in [1.54, 1.807) is 0 Å². The second kappa shape index (κ2) is 28.8. The maximum Gasteiger partial charge on any atom is 0.242 e. The second-order valence-electron chi connectivity index (χ2n) is 6.42. The SMILES string of the molecule is C=C(C)/C=C(\C)CCCC.CC.CC.CC.CC(C)(F)F.Cc1ccc(C)cc1. The second-order valence-corrected chi connectivity index (χ2v) is 6.42. The summed E-state index contributed by atoms with van der Waals surface area (Å²) in [4.78, 5) is 0. The number of allylic oxidation sites excluding steroid dienone is 3. The lowest BCUT2D eigenvalue weighted by molar-refractivity contribution is 0.0437. The average Bonchev–Trinajstić information content (AvgIpc) is 2.66. The molecule has 0 nitrogen and oxygen atoms in total. The monoisotopic (exact) mass is 414 g/mol. The highest BCUT2D eigenvalue weighted by molar-refractivity contribution is 5.19. The number of hydrogen-bond acceptors (Lipinski definition) is 0. The smallest absolute Gasteiger partial charge is 0.208 e. The maximum atomic E-state index is 11.0. The standard InChI is InChI=1S/C10H18.C8H10.C3H6F2.3C2H6/c1-5-6-7-10(4)8-9(2)3;1-7-3-5-8(2)6-4-7;1-3(2,4)5;3*1-2/h8H,2,5-7H2,1,3-4H3;3-6H,1-2H3;1-2H3;3*1-2H3/b10-8+;;;;;. The summed E-state index contributed by atoms with van der Waals surface area (Å²) in [5.41, 5.74) is 5.27. The molecule has 0 aromatic heterocycles. The fourth-order valence-corrected chi connectivity index (χ4v) is 1.59. The van der Waals surface area contributed by atoms with E-state index in [0.29, 0.717) is 0 Å². The van der Waals surface area contributed by atoms with Crippen molar-refractivity contribution in [1.82, 2.24) is 0 Å². The molecule has 0 aliphatic heterocycles. The van der Waals surface area contributed by atoms with Crippen molar-refractivity contribution in [3.8, 4) is 0 Å². The first-order chi connectivity index (χ1) is 13.5. The number of rotatable bonds is 4. The minimum atomic E-state index is -2.50. The van der Waals surface area contributed by atoms with Crippen LogP contribution in [-0.4, -0.2) is 5.92 Å². The van der Waals surface area contributed by atoms with E-state index in [4.69, 9.17) is 0 Å². The molecule has 0 aliphatic carbocycles. The van der Waals surface area contributed by atoms with Crippen molar-refractivity contribution in [1.29, 1.82) is 0 Å². The van der Waals surface area contributed by atoms with Gasteiger partial charge in [-0.1, -0.05) is 114 Å². The van der Waals surface area contributed by atoms with E-state index in [-0.39, 0.29) is 0 Å². The summed E-state index contributed by atoms with van der Waals surface area (Å²) in [6, 6.07) is 8.48. The van der Waals surface area contributed by atoms with Gasteiger partial charge in [0.15, 0.2) is 0 Å². The van der Waals surface area contributed by atoms with Crippen LogP contribution in [0.5, 0.6) is 0 Å². The van der Waals surface area contributed by atoms with Crippen LogP contribution in [0.1, 0.15) is 107 Å². The van der Waals surface area contributed by atoms with E-state index in [1.807, 2.05) is 48.5 Å². The summed E-state index contributed by atoms with van der Waals surface area (Å²) >= 11 is 0. The van der Waals surface area contributed by atoms with Crippen LogP contribution in [0.4, 0.5) is 8.78 Å². The van der Waals surface area contributed by atoms with Crippen LogP contribution in [0.2, 0.25) is 0 Å². The van der Waals surface area contributed by atoms with Gasteiger partial charge < -0.3 is 0 Å². The van der Waals surface area contributed by atoms with Crippen molar-refractivity contribution in [3.63, 3.8) is 0 Å². The Balaban J connectivity index is -0.0000000906. The minimum Gasteiger partial charge on any atom is -0.208 e. The number of aryl methyl sites for hydroxylation is 2. The third kappa shape index (κ3) is 58.4. The first kappa shape index (κ1) is 38.2. The van der Waals surface area contributed by atoms with Gasteiger partial charge in [0, 0.05) is 0 Å². The summed E-state index contributed by atoms with van der Waals surface area (Å²) in [5.74, 6) is -2.50. The molecule has 0 N–H and O–H groups in total. The molecular weight excluding hydrogens is 362 g/mol. The van der Waals surface area contributed by atoms with Gasteiger partial charge in [0.05, 0.1) is 0 Å². The van der Waals surface area contributed by atoms with Gasteiger partial charge in [-0.05, 0) is 54.4 Å². The highest BCUT2D eigenvalue weighted by Gasteiger charge is 2.08. The zero-order valence-electron chi connectivity index (χ0n) is 22.0. The van der Waals surface area contributed by atoms with Gasteiger partial charge >= 0.3 is 0 Å². The van der Waals surface area contributed by atoms with Gasteiger partial charge in [-0.2, -0.15) is 0 Å². The third-order valence-corrected chi connectivity index (χ3v) is 2.64. The molecule has 2 heteroatoms. The molecule has 29 heavy (non-hydrogen) atoms. The molecule has 0 bridgehead atoms. The molecule has 0 spiro atoms. The Kier molecular flexibility index (Phi) is 37.9. The Bertz CT molecular complexity index is 421. The van der Waals surface area contributed by atoms with Gasteiger partial charge in [0.2, 0.25) is 5.92 Å². The Labute approximate surface area is 183 Å². The van der Waals surface area contributed by atoms with E-state index >= 15 is 0 Å². The van der Waals surface area contributed by atoms with Crippen LogP contribution >= 0.6 is 0 Å². The van der Waals surface area contributed by atoms with Crippen molar-refractivity contribution >= 4 is 0 Å². The van der Waals surface area contributed by atoms with E-state index in [0.717, 1.165) is 19.4 Å². The summed E-state index contributed by atoms with van der Waals surface area (Å²) in [7, 11) is 0. The molecule has 0 atom stereocenters. The fraction of sp³-hybridized carbons (Fsp3) is 0.630. The summed E-state index contributed by atoms with van der Waals surface area (Å²) in [6.07, 6.45) is 5.97.